The molecule has 0 radical (unpaired) electrons. The number of carbonyl (C=O) groups is 2. The summed E-state index contributed by atoms with van der Waals surface area (Å²) in [5.41, 5.74) is 1.94. The first-order chi connectivity index (χ1) is 11.7. The van der Waals surface area contributed by atoms with Gasteiger partial charge in [0.05, 0.1) is 0 Å². The highest BCUT2D eigenvalue weighted by atomic mass is 16.2. The third kappa shape index (κ3) is 4.19. The third-order valence-corrected chi connectivity index (χ3v) is 4.25. The number of rotatable bonds is 5. The van der Waals surface area contributed by atoms with Gasteiger partial charge in [-0.05, 0) is 42.7 Å². The van der Waals surface area contributed by atoms with E-state index in [-0.39, 0.29) is 17.9 Å². The quantitative estimate of drug-likeness (QED) is 0.888. The fraction of sp³-hybridized carbons (Fsp3) is 0.316. The van der Waals surface area contributed by atoms with E-state index in [1.807, 2.05) is 12.1 Å². The van der Waals surface area contributed by atoms with Gasteiger partial charge in [0.25, 0.3) is 11.8 Å². The van der Waals surface area contributed by atoms with Crippen LogP contribution in [0.1, 0.15) is 52.0 Å². The Labute approximate surface area is 141 Å². The molecule has 1 aliphatic rings. The van der Waals surface area contributed by atoms with Crippen molar-refractivity contribution in [1.29, 1.82) is 0 Å². The maximum absolute atomic E-state index is 12.3. The van der Waals surface area contributed by atoms with Crippen molar-refractivity contribution in [3.63, 3.8) is 0 Å². The molecule has 1 saturated carbocycles. The van der Waals surface area contributed by atoms with Gasteiger partial charge in [0.1, 0.15) is 0 Å². The highest BCUT2D eigenvalue weighted by Gasteiger charge is 2.18. The number of hydrogen-bond acceptors (Lipinski definition) is 3. The highest BCUT2D eigenvalue weighted by molar-refractivity contribution is 5.99. The van der Waals surface area contributed by atoms with Crippen LogP contribution in [-0.2, 0) is 6.54 Å². The molecule has 0 spiro atoms. The minimum atomic E-state index is -0.200. The van der Waals surface area contributed by atoms with Crippen LogP contribution in [0.4, 0.5) is 0 Å². The van der Waals surface area contributed by atoms with Crippen molar-refractivity contribution in [3.05, 3.63) is 65.5 Å². The van der Waals surface area contributed by atoms with Crippen molar-refractivity contribution in [2.24, 2.45) is 0 Å². The Morgan fingerprint density at radius 1 is 1.04 bits per heavy atom. The van der Waals surface area contributed by atoms with Gasteiger partial charge in [0.2, 0.25) is 0 Å². The molecule has 5 nitrogen and oxygen atoms in total. The zero-order valence-electron chi connectivity index (χ0n) is 13.5. The van der Waals surface area contributed by atoms with Gasteiger partial charge in [-0.2, -0.15) is 0 Å². The number of aromatic nitrogens is 1. The van der Waals surface area contributed by atoms with Gasteiger partial charge in [0.15, 0.2) is 0 Å². The van der Waals surface area contributed by atoms with E-state index in [0.29, 0.717) is 17.7 Å². The average molecular weight is 323 g/mol. The molecule has 5 heteroatoms. The van der Waals surface area contributed by atoms with Gasteiger partial charge >= 0.3 is 0 Å². The molecule has 0 aliphatic heterocycles. The van der Waals surface area contributed by atoms with Crippen LogP contribution in [0.2, 0.25) is 0 Å². The summed E-state index contributed by atoms with van der Waals surface area (Å²) in [6.45, 7) is 0.408. The van der Waals surface area contributed by atoms with Crippen molar-refractivity contribution in [1.82, 2.24) is 15.6 Å². The maximum atomic E-state index is 12.3. The Morgan fingerprint density at radius 3 is 2.50 bits per heavy atom. The van der Waals surface area contributed by atoms with Crippen LogP contribution >= 0.6 is 0 Å². The average Bonchev–Trinajstić information content (AvgIpc) is 3.13. The highest BCUT2D eigenvalue weighted by Crippen LogP contribution is 2.18. The third-order valence-electron chi connectivity index (χ3n) is 4.25. The van der Waals surface area contributed by atoms with E-state index in [1.165, 1.54) is 12.8 Å². The lowest BCUT2D eigenvalue weighted by atomic mass is 10.1. The van der Waals surface area contributed by atoms with E-state index < -0.39 is 0 Å². The van der Waals surface area contributed by atoms with Gasteiger partial charge < -0.3 is 10.6 Å². The van der Waals surface area contributed by atoms with Crippen molar-refractivity contribution in [2.75, 3.05) is 0 Å². The fourth-order valence-electron chi connectivity index (χ4n) is 2.93. The number of benzene rings is 1. The molecular weight excluding hydrogens is 302 g/mol. The number of pyridine rings is 1. The van der Waals surface area contributed by atoms with Gasteiger partial charge in [-0.3, -0.25) is 14.6 Å². The van der Waals surface area contributed by atoms with Gasteiger partial charge in [-0.15, -0.1) is 0 Å². The van der Waals surface area contributed by atoms with Crippen LogP contribution < -0.4 is 10.6 Å². The molecule has 1 heterocycles. The van der Waals surface area contributed by atoms with Crippen molar-refractivity contribution < 1.29 is 9.59 Å². The second-order valence-electron chi connectivity index (χ2n) is 6.08. The summed E-state index contributed by atoms with van der Waals surface area (Å²) in [4.78, 5) is 28.6. The van der Waals surface area contributed by atoms with E-state index >= 15 is 0 Å². The zero-order valence-corrected chi connectivity index (χ0v) is 13.5. The number of amides is 2. The monoisotopic (exact) mass is 323 g/mol. The number of nitrogens with one attached hydrogen (secondary N) is 2. The molecule has 0 bridgehead atoms. The van der Waals surface area contributed by atoms with E-state index in [9.17, 15) is 9.59 Å². The van der Waals surface area contributed by atoms with E-state index in [1.54, 1.807) is 36.7 Å². The molecule has 2 amide bonds. The summed E-state index contributed by atoms with van der Waals surface area (Å²) in [5.74, 6) is -0.307. The Morgan fingerprint density at radius 2 is 1.79 bits per heavy atom. The molecule has 24 heavy (non-hydrogen) atoms. The Kier molecular flexibility index (Phi) is 5.21. The number of nitrogens with zero attached hydrogens (tertiary/aromatic N) is 1. The molecule has 0 saturated heterocycles. The van der Waals surface area contributed by atoms with E-state index in [0.717, 1.165) is 18.4 Å². The van der Waals surface area contributed by atoms with Crippen LogP contribution in [0.15, 0.2) is 48.8 Å². The van der Waals surface area contributed by atoms with Crippen molar-refractivity contribution in [2.45, 2.75) is 38.3 Å². The molecule has 2 aromatic rings. The van der Waals surface area contributed by atoms with E-state index in [2.05, 4.69) is 15.6 Å². The lowest BCUT2D eigenvalue weighted by Crippen LogP contribution is -2.32. The predicted octanol–water partition coefficient (Wildman–Crippen LogP) is 2.68. The first-order valence-electron chi connectivity index (χ1n) is 8.30. The second-order valence-corrected chi connectivity index (χ2v) is 6.08. The Bertz CT molecular complexity index is 710. The van der Waals surface area contributed by atoms with Crippen LogP contribution in [0.5, 0.6) is 0 Å². The molecule has 1 aromatic heterocycles. The molecule has 1 aliphatic carbocycles. The van der Waals surface area contributed by atoms with Gasteiger partial charge in [-0.1, -0.05) is 25.0 Å². The molecule has 2 N–H and O–H groups in total. The second kappa shape index (κ2) is 7.73. The molecule has 0 unspecified atom stereocenters. The Balaban J connectivity index is 1.61. The summed E-state index contributed by atoms with van der Waals surface area (Å²) >= 11 is 0. The molecule has 124 valence electrons. The fourth-order valence-corrected chi connectivity index (χ4v) is 2.93. The Hall–Kier alpha value is -2.69. The zero-order chi connectivity index (χ0) is 16.8. The first kappa shape index (κ1) is 16.2. The SMILES string of the molecule is O=C(NCc1cccnc1)c1cccc(C(=O)NC2CCCC2)c1. The van der Waals surface area contributed by atoms with Crippen LogP contribution in [0.3, 0.4) is 0 Å². The van der Waals surface area contributed by atoms with Gasteiger partial charge in [-0.25, -0.2) is 0 Å². The standard InChI is InChI=1S/C19H21N3O2/c23-18(21-13-14-5-4-10-20-12-14)15-6-3-7-16(11-15)19(24)22-17-8-1-2-9-17/h3-7,10-12,17H,1-2,8-9,13H2,(H,21,23)(H,22,24). The normalized spacial score (nSPS) is 14.3. The molecule has 1 aromatic carbocycles. The van der Waals surface area contributed by atoms with Crippen LogP contribution in [0, 0.1) is 0 Å². The summed E-state index contributed by atoms with van der Waals surface area (Å²) in [6.07, 6.45) is 7.82. The lowest BCUT2D eigenvalue weighted by molar-refractivity contribution is 0.0938. The van der Waals surface area contributed by atoms with Crippen LogP contribution in [0.25, 0.3) is 0 Å². The van der Waals surface area contributed by atoms with Crippen molar-refractivity contribution in [3.8, 4) is 0 Å². The van der Waals surface area contributed by atoms with Crippen LogP contribution in [-0.4, -0.2) is 22.8 Å². The predicted molar refractivity (Wildman–Crippen MR) is 91.6 cm³/mol. The summed E-state index contributed by atoms with van der Waals surface area (Å²) in [6, 6.07) is 10.8. The molecule has 3 rings (SSSR count). The summed E-state index contributed by atoms with van der Waals surface area (Å²) in [7, 11) is 0. The largest absolute Gasteiger partial charge is 0.349 e. The number of hydrogen-bond donors (Lipinski definition) is 2. The minimum Gasteiger partial charge on any atom is -0.349 e. The smallest absolute Gasteiger partial charge is 0.251 e. The van der Waals surface area contributed by atoms with E-state index in [4.69, 9.17) is 0 Å². The first-order valence-corrected chi connectivity index (χ1v) is 8.30. The molecular formula is C19H21N3O2. The molecule has 1 fully saturated rings. The van der Waals surface area contributed by atoms with Gasteiger partial charge in [0, 0.05) is 36.1 Å². The molecule has 0 atom stereocenters. The van der Waals surface area contributed by atoms with Crippen molar-refractivity contribution >= 4 is 11.8 Å². The topological polar surface area (TPSA) is 71.1 Å². The number of carbonyl (C=O) groups excluding carboxylic acids is 2. The summed E-state index contributed by atoms with van der Waals surface area (Å²) < 4.78 is 0. The minimum absolute atomic E-state index is 0.108. The lowest BCUT2D eigenvalue weighted by Gasteiger charge is -2.12. The maximum Gasteiger partial charge on any atom is 0.251 e. The summed E-state index contributed by atoms with van der Waals surface area (Å²) in [5, 5.41) is 5.88.